The first-order chi connectivity index (χ1) is 8.20. The number of carbonyl (C=O) groups excluding carboxylic acids is 1. The first-order valence-electron chi connectivity index (χ1n) is 5.61. The first kappa shape index (κ1) is 12.1. The maximum absolute atomic E-state index is 11.6. The van der Waals surface area contributed by atoms with Crippen molar-refractivity contribution in [2.45, 2.75) is 13.3 Å². The van der Waals surface area contributed by atoms with Crippen LogP contribution in [0.2, 0.25) is 5.28 Å². The summed E-state index contributed by atoms with van der Waals surface area (Å²) in [5, 5.41) is 0.224. The van der Waals surface area contributed by atoms with E-state index in [0.717, 1.165) is 18.8 Å². The monoisotopic (exact) mass is 255 g/mol. The lowest BCUT2D eigenvalue weighted by Crippen LogP contribution is -2.24. The molecule has 0 N–H and O–H groups in total. The maximum atomic E-state index is 11.6. The van der Waals surface area contributed by atoms with E-state index < -0.39 is 0 Å². The molecule has 1 aromatic heterocycles. The number of hydrogen-bond acceptors (Lipinski definition) is 5. The number of hydrogen-bond donors (Lipinski definition) is 0. The van der Waals surface area contributed by atoms with E-state index in [4.69, 9.17) is 16.3 Å². The van der Waals surface area contributed by atoms with Gasteiger partial charge in [0.05, 0.1) is 12.5 Å². The van der Waals surface area contributed by atoms with Crippen molar-refractivity contribution >= 4 is 23.4 Å². The third-order valence-corrected chi connectivity index (χ3v) is 2.93. The molecule has 2 heterocycles. The first-order valence-corrected chi connectivity index (χ1v) is 5.98. The van der Waals surface area contributed by atoms with Gasteiger partial charge in [-0.05, 0) is 31.0 Å². The van der Waals surface area contributed by atoms with Crippen LogP contribution < -0.4 is 4.90 Å². The fourth-order valence-electron chi connectivity index (χ4n) is 1.92. The molecule has 0 spiro atoms. The van der Waals surface area contributed by atoms with Crippen LogP contribution >= 0.6 is 11.6 Å². The molecular formula is C11H14ClN3O2. The Kier molecular flexibility index (Phi) is 3.78. The highest BCUT2D eigenvalue weighted by molar-refractivity contribution is 6.28. The van der Waals surface area contributed by atoms with Gasteiger partial charge in [0.15, 0.2) is 0 Å². The lowest BCUT2D eigenvalue weighted by molar-refractivity contribution is -0.147. The van der Waals surface area contributed by atoms with Crippen LogP contribution in [0.5, 0.6) is 0 Å². The number of nitrogens with zero attached hydrogens (tertiary/aromatic N) is 3. The van der Waals surface area contributed by atoms with Gasteiger partial charge >= 0.3 is 5.97 Å². The summed E-state index contributed by atoms with van der Waals surface area (Å²) in [7, 11) is 0. The molecule has 0 amide bonds. The van der Waals surface area contributed by atoms with Gasteiger partial charge in [0.2, 0.25) is 5.28 Å². The van der Waals surface area contributed by atoms with Crippen LogP contribution in [0.1, 0.15) is 13.3 Å². The summed E-state index contributed by atoms with van der Waals surface area (Å²) in [4.78, 5) is 21.6. The van der Waals surface area contributed by atoms with Gasteiger partial charge in [-0.2, -0.15) is 0 Å². The van der Waals surface area contributed by atoms with Crippen LogP contribution in [-0.4, -0.2) is 35.6 Å². The highest BCUT2D eigenvalue weighted by Gasteiger charge is 2.30. The normalized spacial score (nSPS) is 19.4. The van der Waals surface area contributed by atoms with Gasteiger partial charge in [0.25, 0.3) is 0 Å². The third-order valence-electron chi connectivity index (χ3n) is 2.74. The predicted molar refractivity (Wildman–Crippen MR) is 64.0 cm³/mol. The van der Waals surface area contributed by atoms with E-state index in [1.54, 1.807) is 12.3 Å². The van der Waals surface area contributed by atoms with Crippen molar-refractivity contribution in [2.24, 2.45) is 5.92 Å². The quantitative estimate of drug-likeness (QED) is 0.605. The molecular weight excluding hydrogens is 242 g/mol. The molecule has 1 aliphatic rings. The Morgan fingerprint density at radius 1 is 1.71 bits per heavy atom. The average Bonchev–Trinajstić information content (AvgIpc) is 2.78. The van der Waals surface area contributed by atoms with Crippen LogP contribution in [0.25, 0.3) is 0 Å². The van der Waals surface area contributed by atoms with Gasteiger partial charge in [0, 0.05) is 19.3 Å². The lowest BCUT2D eigenvalue weighted by atomic mass is 10.1. The number of anilines is 1. The Morgan fingerprint density at radius 2 is 2.53 bits per heavy atom. The van der Waals surface area contributed by atoms with E-state index in [9.17, 15) is 4.79 Å². The second kappa shape index (κ2) is 5.31. The molecule has 1 atom stereocenters. The molecule has 1 aliphatic heterocycles. The molecule has 17 heavy (non-hydrogen) atoms. The predicted octanol–water partition coefficient (Wildman–Crippen LogP) is 1.52. The van der Waals surface area contributed by atoms with Crippen LogP contribution in [0.3, 0.4) is 0 Å². The number of aromatic nitrogens is 2. The zero-order valence-corrected chi connectivity index (χ0v) is 10.4. The molecule has 92 valence electrons. The van der Waals surface area contributed by atoms with E-state index in [1.165, 1.54) is 0 Å². The zero-order valence-electron chi connectivity index (χ0n) is 9.60. The molecule has 1 fully saturated rings. The number of halogens is 1. The number of rotatable bonds is 3. The summed E-state index contributed by atoms with van der Waals surface area (Å²) >= 11 is 5.73. The van der Waals surface area contributed by atoms with Crippen molar-refractivity contribution in [1.82, 2.24) is 9.97 Å². The van der Waals surface area contributed by atoms with E-state index >= 15 is 0 Å². The largest absolute Gasteiger partial charge is 0.466 e. The minimum absolute atomic E-state index is 0.0660. The Morgan fingerprint density at radius 3 is 3.24 bits per heavy atom. The Bertz CT molecular complexity index is 413. The summed E-state index contributed by atoms with van der Waals surface area (Å²) < 4.78 is 5.01. The molecule has 1 saturated heterocycles. The van der Waals surface area contributed by atoms with Crippen molar-refractivity contribution in [3.63, 3.8) is 0 Å². The molecule has 5 nitrogen and oxygen atoms in total. The fourth-order valence-corrected chi connectivity index (χ4v) is 2.07. The Labute approximate surface area is 105 Å². The van der Waals surface area contributed by atoms with Gasteiger partial charge in [-0.15, -0.1) is 0 Å². The topological polar surface area (TPSA) is 55.3 Å². The van der Waals surface area contributed by atoms with Crippen molar-refractivity contribution < 1.29 is 9.53 Å². The summed E-state index contributed by atoms with van der Waals surface area (Å²) in [6.07, 6.45) is 2.41. The van der Waals surface area contributed by atoms with Crippen LogP contribution in [-0.2, 0) is 9.53 Å². The molecule has 0 radical (unpaired) electrons. The van der Waals surface area contributed by atoms with Crippen molar-refractivity contribution in [2.75, 3.05) is 24.6 Å². The number of esters is 1. The number of ether oxygens (including phenoxy) is 1. The van der Waals surface area contributed by atoms with Crippen LogP contribution in [0, 0.1) is 5.92 Å². The standard InChI is InChI=1S/C11H14ClN3O2/c1-2-17-10(16)8-4-6-15(7-8)9-3-5-13-11(12)14-9/h3,5,8H,2,4,6-7H2,1H3/t8-/m1/s1. The molecule has 6 heteroatoms. The van der Waals surface area contributed by atoms with Gasteiger partial charge in [-0.3, -0.25) is 4.79 Å². The van der Waals surface area contributed by atoms with Crippen molar-refractivity contribution in [3.8, 4) is 0 Å². The second-order valence-electron chi connectivity index (χ2n) is 3.87. The van der Waals surface area contributed by atoms with E-state index in [1.807, 2.05) is 11.8 Å². The smallest absolute Gasteiger partial charge is 0.310 e. The SMILES string of the molecule is CCOC(=O)[C@@H]1CCN(c2ccnc(Cl)n2)C1. The molecule has 1 aromatic rings. The van der Waals surface area contributed by atoms with Crippen LogP contribution in [0.15, 0.2) is 12.3 Å². The van der Waals surface area contributed by atoms with Gasteiger partial charge in [0.1, 0.15) is 5.82 Å². The van der Waals surface area contributed by atoms with E-state index in [-0.39, 0.29) is 17.2 Å². The highest BCUT2D eigenvalue weighted by atomic mass is 35.5. The van der Waals surface area contributed by atoms with Gasteiger partial charge < -0.3 is 9.64 Å². The second-order valence-corrected chi connectivity index (χ2v) is 4.21. The third kappa shape index (κ3) is 2.85. The summed E-state index contributed by atoms with van der Waals surface area (Å²) in [6, 6.07) is 1.79. The summed E-state index contributed by atoms with van der Waals surface area (Å²) in [5.74, 6) is 0.565. The number of carbonyl (C=O) groups is 1. The molecule has 0 aromatic carbocycles. The maximum Gasteiger partial charge on any atom is 0.310 e. The molecule has 2 rings (SSSR count). The lowest BCUT2D eigenvalue weighted by Gasteiger charge is -2.16. The molecule has 0 saturated carbocycles. The van der Waals surface area contributed by atoms with Crippen molar-refractivity contribution in [1.29, 1.82) is 0 Å². The minimum Gasteiger partial charge on any atom is -0.466 e. The Balaban J connectivity index is 2.00. The van der Waals surface area contributed by atoms with Gasteiger partial charge in [-0.25, -0.2) is 9.97 Å². The molecule has 0 unspecified atom stereocenters. The zero-order chi connectivity index (χ0) is 12.3. The highest BCUT2D eigenvalue weighted by Crippen LogP contribution is 2.23. The summed E-state index contributed by atoms with van der Waals surface area (Å²) in [6.45, 7) is 3.66. The van der Waals surface area contributed by atoms with E-state index in [0.29, 0.717) is 13.2 Å². The fraction of sp³-hybridized carbons (Fsp3) is 0.545. The van der Waals surface area contributed by atoms with Crippen LogP contribution in [0.4, 0.5) is 5.82 Å². The molecule has 0 bridgehead atoms. The van der Waals surface area contributed by atoms with E-state index in [2.05, 4.69) is 9.97 Å². The van der Waals surface area contributed by atoms with Crippen molar-refractivity contribution in [3.05, 3.63) is 17.5 Å². The van der Waals surface area contributed by atoms with Gasteiger partial charge in [-0.1, -0.05) is 0 Å². The average molecular weight is 256 g/mol. The Hall–Kier alpha value is -1.36. The molecule has 0 aliphatic carbocycles. The summed E-state index contributed by atoms with van der Waals surface area (Å²) in [5.41, 5.74) is 0. The minimum atomic E-state index is -0.129.